The Morgan fingerprint density at radius 1 is 1.04 bits per heavy atom. The van der Waals surface area contributed by atoms with Gasteiger partial charge in [-0.05, 0) is 79.9 Å². The first-order valence-electron chi connectivity index (χ1n) is 10.8. The summed E-state index contributed by atoms with van der Waals surface area (Å²) < 4.78 is 33.2. The first-order valence-corrected chi connectivity index (χ1v) is 10.8. The molecule has 28 heavy (non-hydrogen) atoms. The van der Waals surface area contributed by atoms with Gasteiger partial charge in [0.1, 0.15) is 0 Å². The molecule has 0 heterocycles. The third-order valence-electron chi connectivity index (χ3n) is 6.89. The van der Waals surface area contributed by atoms with Gasteiger partial charge in [-0.15, -0.1) is 0 Å². The van der Waals surface area contributed by atoms with Crippen molar-refractivity contribution in [2.24, 2.45) is 17.8 Å². The number of ether oxygens (including phenoxy) is 1. The Labute approximate surface area is 167 Å². The van der Waals surface area contributed by atoms with Crippen LogP contribution in [0.25, 0.3) is 0 Å². The van der Waals surface area contributed by atoms with E-state index in [9.17, 15) is 13.6 Å². The lowest BCUT2D eigenvalue weighted by Gasteiger charge is -2.38. The summed E-state index contributed by atoms with van der Waals surface area (Å²) in [5.74, 6) is -0.420. The van der Waals surface area contributed by atoms with Gasteiger partial charge in [0.2, 0.25) is 5.75 Å². The van der Waals surface area contributed by atoms with Crippen LogP contribution in [0.4, 0.5) is 8.78 Å². The van der Waals surface area contributed by atoms with E-state index in [0.717, 1.165) is 49.5 Å². The summed E-state index contributed by atoms with van der Waals surface area (Å²) in [5, 5.41) is 0. The zero-order valence-corrected chi connectivity index (χ0v) is 16.9. The lowest BCUT2D eigenvalue weighted by molar-refractivity contribution is -0.129. The van der Waals surface area contributed by atoms with Gasteiger partial charge >= 0.3 is 5.97 Å². The molecule has 1 aromatic rings. The Morgan fingerprint density at radius 2 is 1.57 bits per heavy atom. The smallest absolute Gasteiger partial charge is 0.335 e. The van der Waals surface area contributed by atoms with Crippen LogP contribution in [0.1, 0.15) is 82.6 Å². The molecule has 4 heteroatoms. The second kappa shape index (κ2) is 9.67. The number of rotatable bonds is 6. The highest BCUT2D eigenvalue weighted by Gasteiger charge is 2.31. The van der Waals surface area contributed by atoms with Crippen LogP contribution in [-0.2, 0) is 4.79 Å². The summed E-state index contributed by atoms with van der Waals surface area (Å²) in [6, 6.07) is 2.66. The van der Waals surface area contributed by atoms with Crippen molar-refractivity contribution in [1.29, 1.82) is 0 Å². The average Bonchev–Trinajstić information content (AvgIpc) is 2.71. The van der Waals surface area contributed by atoms with Crippen LogP contribution in [0.5, 0.6) is 5.75 Å². The first kappa shape index (κ1) is 21.0. The number of carbonyl (C=O) groups is 1. The SMILES string of the molecule is C=CC(=O)Oc1c(F)cc(C2CCC(C3CCC(CCC)CC3)CC2)cc1F. The monoisotopic (exact) mass is 390 g/mol. The Kier molecular flexibility index (Phi) is 7.25. The molecule has 0 unspecified atom stereocenters. The molecule has 2 nitrogen and oxygen atoms in total. The van der Waals surface area contributed by atoms with E-state index in [0.29, 0.717) is 5.56 Å². The van der Waals surface area contributed by atoms with Gasteiger partial charge in [0.25, 0.3) is 0 Å². The van der Waals surface area contributed by atoms with E-state index in [1.165, 1.54) is 50.7 Å². The minimum Gasteiger partial charge on any atom is -0.417 e. The minimum atomic E-state index is -0.861. The van der Waals surface area contributed by atoms with Crippen molar-refractivity contribution >= 4 is 5.97 Å². The van der Waals surface area contributed by atoms with Gasteiger partial charge in [-0.25, -0.2) is 13.6 Å². The standard InChI is InChI=1S/C24H32F2O2/c1-3-5-16-6-8-17(9-7-16)18-10-12-19(13-11-18)20-14-21(25)24(22(26)15-20)28-23(27)4-2/h4,14-19H,2-3,5-13H2,1H3. The zero-order chi connectivity index (χ0) is 20.1. The normalized spacial score (nSPS) is 28.0. The Hall–Kier alpha value is -1.71. The molecule has 2 fully saturated rings. The molecular weight excluding hydrogens is 358 g/mol. The quantitative estimate of drug-likeness (QED) is 0.299. The lowest BCUT2D eigenvalue weighted by atomic mass is 9.68. The van der Waals surface area contributed by atoms with Crippen molar-refractivity contribution in [2.45, 2.75) is 77.0 Å². The van der Waals surface area contributed by atoms with Gasteiger partial charge in [0, 0.05) is 6.08 Å². The molecule has 3 rings (SSSR count). The minimum absolute atomic E-state index is 0.181. The van der Waals surface area contributed by atoms with E-state index in [4.69, 9.17) is 0 Å². The molecule has 1 aromatic carbocycles. The Bertz CT molecular complexity index is 661. The van der Waals surface area contributed by atoms with Crippen LogP contribution >= 0.6 is 0 Å². The summed E-state index contributed by atoms with van der Waals surface area (Å²) in [6.07, 6.45) is 13.2. The third-order valence-corrected chi connectivity index (χ3v) is 6.89. The summed E-state index contributed by atoms with van der Waals surface area (Å²) in [7, 11) is 0. The maximum atomic E-state index is 14.3. The number of halogens is 2. The van der Waals surface area contributed by atoms with Crippen LogP contribution < -0.4 is 4.74 Å². The highest BCUT2D eigenvalue weighted by molar-refractivity contribution is 5.83. The number of hydrogen-bond acceptors (Lipinski definition) is 2. The highest BCUT2D eigenvalue weighted by atomic mass is 19.1. The van der Waals surface area contributed by atoms with Crippen LogP contribution in [0.15, 0.2) is 24.8 Å². The number of benzene rings is 1. The van der Waals surface area contributed by atoms with Crippen LogP contribution in [-0.4, -0.2) is 5.97 Å². The Morgan fingerprint density at radius 3 is 2.07 bits per heavy atom. The van der Waals surface area contributed by atoms with Crippen molar-refractivity contribution in [1.82, 2.24) is 0 Å². The average molecular weight is 391 g/mol. The van der Waals surface area contributed by atoms with Crippen molar-refractivity contribution in [2.75, 3.05) is 0 Å². The molecule has 0 atom stereocenters. The molecule has 0 spiro atoms. The van der Waals surface area contributed by atoms with Gasteiger partial charge in [0.15, 0.2) is 11.6 Å². The molecule has 0 aliphatic heterocycles. The highest BCUT2D eigenvalue weighted by Crippen LogP contribution is 2.45. The number of esters is 1. The molecule has 2 aliphatic carbocycles. The fraction of sp³-hybridized carbons (Fsp3) is 0.625. The molecule has 2 saturated carbocycles. The first-order chi connectivity index (χ1) is 13.5. The van der Waals surface area contributed by atoms with Gasteiger partial charge in [0.05, 0.1) is 0 Å². The van der Waals surface area contributed by atoms with Crippen LogP contribution in [0.3, 0.4) is 0 Å². The maximum Gasteiger partial charge on any atom is 0.335 e. The van der Waals surface area contributed by atoms with E-state index in [1.54, 1.807) is 0 Å². The van der Waals surface area contributed by atoms with Crippen molar-refractivity contribution in [3.05, 3.63) is 42.0 Å². The predicted molar refractivity (Wildman–Crippen MR) is 107 cm³/mol. The number of carbonyl (C=O) groups excluding carboxylic acids is 1. The van der Waals surface area contributed by atoms with E-state index < -0.39 is 23.4 Å². The van der Waals surface area contributed by atoms with Crippen LogP contribution in [0, 0.1) is 29.4 Å². The third kappa shape index (κ3) is 5.01. The predicted octanol–water partition coefficient (Wildman–Crippen LogP) is 6.94. The topological polar surface area (TPSA) is 26.3 Å². The van der Waals surface area contributed by atoms with Gasteiger partial charge in [-0.1, -0.05) is 39.2 Å². The molecule has 0 N–H and O–H groups in total. The van der Waals surface area contributed by atoms with Gasteiger partial charge in [-0.2, -0.15) is 0 Å². The van der Waals surface area contributed by atoms with Crippen molar-refractivity contribution in [3.8, 4) is 5.75 Å². The fourth-order valence-electron chi connectivity index (χ4n) is 5.34. The molecule has 0 bridgehead atoms. The summed E-state index contributed by atoms with van der Waals surface area (Å²) in [4.78, 5) is 11.2. The van der Waals surface area contributed by atoms with Gasteiger partial charge < -0.3 is 4.74 Å². The van der Waals surface area contributed by atoms with E-state index >= 15 is 0 Å². The van der Waals surface area contributed by atoms with Crippen molar-refractivity contribution < 1.29 is 18.3 Å². The maximum absolute atomic E-state index is 14.3. The summed E-state index contributed by atoms with van der Waals surface area (Å²) >= 11 is 0. The molecule has 2 aliphatic rings. The van der Waals surface area contributed by atoms with Crippen molar-refractivity contribution in [3.63, 3.8) is 0 Å². The molecular formula is C24H32F2O2. The largest absolute Gasteiger partial charge is 0.417 e. The van der Waals surface area contributed by atoms with E-state index in [2.05, 4.69) is 18.2 Å². The summed E-state index contributed by atoms with van der Waals surface area (Å²) in [6.45, 7) is 5.52. The van der Waals surface area contributed by atoms with E-state index in [1.807, 2.05) is 0 Å². The molecule has 154 valence electrons. The van der Waals surface area contributed by atoms with Gasteiger partial charge in [-0.3, -0.25) is 0 Å². The molecule has 0 aromatic heterocycles. The summed E-state index contributed by atoms with van der Waals surface area (Å²) in [5.41, 5.74) is 0.679. The lowest BCUT2D eigenvalue weighted by Crippen LogP contribution is -2.25. The number of hydrogen-bond donors (Lipinski definition) is 0. The Balaban J connectivity index is 1.56. The molecule has 0 radical (unpaired) electrons. The fourth-order valence-corrected chi connectivity index (χ4v) is 5.34. The molecule has 0 saturated heterocycles. The zero-order valence-electron chi connectivity index (χ0n) is 16.9. The second-order valence-electron chi connectivity index (χ2n) is 8.62. The van der Waals surface area contributed by atoms with E-state index in [-0.39, 0.29) is 5.92 Å². The second-order valence-corrected chi connectivity index (χ2v) is 8.62. The molecule has 0 amide bonds. The van der Waals surface area contributed by atoms with Crippen LogP contribution in [0.2, 0.25) is 0 Å².